The molecular weight excluding hydrogens is 551 g/mol. The molecule has 0 fully saturated rings. The Hall–Kier alpha value is -5.44. The van der Waals surface area contributed by atoms with E-state index in [-0.39, 0.29) is 0 Å². The van der Waals surface area contributed by atoms with E-state index in [1.54, 1.807) is 0 Å². The molecule has 1 heterocycles. The molecule has 0 aliphatic carbocycles. The third kappa shape index (κ3) is 3.92. The van der Waals surface area contributed by atoms with Crippen molar-refractivity contribution < 1.29 is 0 Å². The summed E-state index contributed by atoms with van der Waals surface area (Å²) in [5.74, 6) is 0. The number of hydrogen-bond acceptors (Lipinski definition) is 2. The van der Waals surface area contributed by atoms with Crippen LogP contribution in [-0.2, 0) is 0 Å². The lowest BCUT2D eigenvalue weighted by Crippen LogP contribution is -2.12. The van der Waals surface area contributed by atoms with E-state index in [1.165, 1.54) is 69.3 Å². The highest BCUT2D eigenvalue weighted by molar-refractivity contribution is 7.25. The zero-order valence-corrected chi connectivity index (χ0v) is 24.8. The Balaban J connectivity index is 1.39. The van der Waals surface area contributed by atoms with Gasteiger partial charge in [-0.15, -0.1) is 11.3 Å². The summed E-state index contributed by atoms with van der Waals surface area (Å²) in [5.41, 5.74) is 5.88. The van der Waals surface area contributed by atoms with Crippen LogP contribution in [0.2, 0.25) is 0 Å². The molecule has 206 valence electrons. The fourth-order valence-electron chi connectivity index (χ4n) is 6.84. The molecule has 9 rings (SSSR count). The van der Waals surface area contributed by atoms with Crippen molar-refractivity contribution >= 4 is 80.9 Å². The van der Waals surface area contributed by atoms with Crippen LogP contribution in [0.3, 0.4) is 0 Å². The van der Waals surface area contributed by atoms with Crippen molar-refractivity contribution in [3.8, 4) is 11.1 Å². The molecule has 0 radical (unpaired) electrons. The van der Waals surface area contributed by atoms with Gasteiger partial charge in [-0.3, -0.25) is 0 Å². The van der Waals surface area contributed by atoms with E-state index in [1.807, 2.05) is 11.3 Å². The largest absolute Gasteiger partial charge is 0.309 e. The minimum absolute atomic E-state index is 1.15. The summed E-state index contributed by atoms with van der Waals surface area (Å²) in [5, 5.41) is 10.2. The van der Waals surface area contributed by atoms with Gasteiger partial charge in [-0.1, -0.05) is 133 Å². The van der Waals surface area contributed by atoms with Crippen LogP contribution in [0.25, 0.3) is 63.6 Å². The van der Waals surface area contributed by atoms with Gasteiger partial charge in [0.2, 0.25) is 0 Å². The highest BCUT2D eigenvalue weighted by atomic mass is 32.1. The predicted molar refractivity (Wildman–Crippen MR) is 192 cm³/mol. The first-order valence-corrected chi connectivity index (χ1v) is 15.8. The normalized spacial score (nSPS) is 11.6. The van der Waals surface area contributed by atoms with Crippen LogP contribution in [0.1, 0.15) is 0 Å². The van der Waals surface area contributed by atoms with Crippen molar-refractivity contribution in [2.24, 2.45) is 0 Å². The third-order valence-corrected chi connectivity index (χ3v) is 9.95. The highest BCUT2D eigenvalue weighted by Crippen LogP contribution is 2.47. The van der Waals surface area contributed by atoms with E-state index in [0.717, 1.165) is 11.4 Å². The van der Waals surface area contributed by atoms with E-state index in [2.05, 4.69) is 169 Å². The third-order valence-electron chi connectivity index (χ3n) is 8.82. The summed E-state index contributed by atoms with van der Waals surface area (Å²) < 4.78 is 2.61. The van der Waals surface area contributed by atoms with Crippen LogP contribution in [-0.4, -0.2) is 0 Å². The summed E-state index contributed by atoms with van der Waals surface area (Å²) in [4.78, 5) is 2.48. The number of anilines is 3. The van der Waals surface area contributed by atoms with Crippen LogP contribution in [0.5, 0.6) is 0 Å². The molecule has 44 heavy (non-hydrogen) atoms. The van der Waals surface area contributed by atoms with E-state index < -0.39 is 0 Å². The number of hydrogen-bond donors (Lipinski definition) is 0. The van der Waals surface area contributed by atoms with Crippen molar-refractivity contribution in [2.75, 3.05) is 4.90 Å². The first-order valence-electron chi connectivity index (χ1n) is 15.0. The standard InChI is InChI=1S/C42H27NS/c1-2-12-28(13-3-1)32-15-8-10-20-38(32)43(31-24-25-36-35-18-9-11-21-40(35)44-41(36)27-31)39-26-30-23-22-29-14-4-5-16-33(29)42(30)37-19-7-6-17-34(37)39/h1-27H. The molecule has 0 saturated heterocycles. The topological polar surface area (TPSA) is 3.24 Å². The Morgan fingerprint density at radius 2 is 1.05 bits per heavy atom. The van der Waals surface area contributed by atoms with E-state index in [9.17, 15) is 0 Å². The van der Waals surface area contributed by atoms with Crippen molar-refractivity contribution in [2.45, 2.75) is 0 Å². The molecule has 0 atom stereocenters. The number of rotatable bonds is 4. The molecule has 0 aliphatic heterocycles. The maximum absolute atomic E-state index is 2.48. The summed E-state index contributed by atoms with van der Waals surface area (Å²) in [6.45, 7) is 0. The van der Waals surface area contributed by atoms with Gasteiger partial charge in [0, 0.05) is 36.8 Å². The minimum atomic E-state index is 1.15. The number of nitrogens with zero attached hydrogens (tertiary/aromatic N) is 1. The van der Waals surface area contributed by atoms with Gasteiger partial charge in [-0.05, 0) is 62.8 Å². The van der Waals surface area contributed by atoms with Gasteiger partial charge >= 0.3 is 0 Å². The summed E-state index contributed by atoms with van der Waals surface area (Å²) in [7, 11) is 0. The quantitative estimate of drug-likeness (QED) is 0.188. The number of para-hydroxylation sites is 1. The van der Waals surface area contributed by atoms with Crippen molar-refractivity contribution in [1.82, 2.24) is 0 Å². The second-order valence-electron chi connectivity index (χ2n) is 11.3. The SMILES string of the molecule is c1ccc(-c2ccccc2N(c2ccc3c(c2)sc2ccccc23)c2cc3ccc4ccccc4c3c3ccccc23)cc1. The summed E-state index contributed by atoms with van der Waals surface area (Å²) in [6.07, 6.45) is 0. The van der Waals surface area contributed by atoms with Gasteiger partial charge in [0.15, 0.2) is 0 Å². The Morgan fingerprint density at radius 3 is 1.93 bits per heavy atom. The van der Waals surface area contributed by atoms with Gasteiger partial charge in [-0.25, -0.2) is 0 Å². The van der Waals surface area contributed by atoms with Crippen molar-refractivity contribution in [3.05, 3.63) is 164 Å². The van der Waals surface area contributed by atoms with Crippen molar-refractivity contribution in [3.63, 3.8) is 0 Å². The van der Waals surface area contributed by atoms with Gasteiger partial charge in [0.1, 0.15) is 0 Å². The van der Waals surface area contributed by atoms with Crippen LogP contribution in [0, 0.1) is 0 Å². The molecule has 0 saturated carbocycles. The first-order chi connectivity index (χ1) is 21.8. The minimum Gasteiger partial charge on any atom is -0.309 e. The number of thiophene rings is 1. The maximum Gasteiger partial charge on any atom is 0.0546 e. The summed E-state index contributed by atoms with van der Waals surface area (Å²) >= 11 is 1.87. The fourth-order valence-corrected chi connectivity index (χ4v) is 7.97. The second-order valence-corrected chi connectivity index (χ2v) is 12.4. The monoisotopic (exact) mass is 577 g/mol. The molecule has 0 aliphatic rings. The molecule has 8 aromatic carbocycles. The summed E-state index contributed by atoms with van der Waals surface area (Å²) in [6, 6.07) is 59.8. The fraction of sp³-hybridized carbons (Fsp3) is 0. The molecule has 9 aromatic rings. The Labute approximate surface area is 259 Å². The second kappa shape index (κ2) is 10.1. The highest BCUT2D eigenvalue weighted by Gasteiger charge is 2.21. The van der Waals surface area contributed by atoms with Crippen LogP contribution < -0.4 is 4.90 Å². The average Bonchev–Trinajstić information content (AvgIpc) is 3.47. The molecular formula is C42H27NS. The van der Waals surface area contributed by atoms with Gasteiger partial charge in [-0.2, -0.15) is 0 Å². The molecule has 1 aromatic heterocycles. The molecule has 0 bridgehead atoms. The first kappa shape index (κ1) is 25.1. The van der Waals surface area contributed by atoms with Gasteiger partial charge in [0.25, 0.3) is 0 Å². The lowest BCUT2D eigenvalue weighted by Gasteiger charge is -2.30. The number of benzene rings is 8. The van der Waals surface area contributed by atoms with Crippen LogP contribution in [0.4, 0.5) is 17.1 Å². The maximum atomic E-state index is 2.48. The van der Waals surface area contributed by atoms with Crippen LogP contribution in [0.15, 0.2) is 164 Å². The average molecular weight is 578 g/mol. The van der Waals surface area contributed by atoms with E-state index >= 15 is 0 Å². The van der Waals surface area contributed by atoms with E-state index in [0.29, 0.717) is 0 Å². The predicted octanol–water partition coefficient (Wildman–Crippen LogP) is 12.7. The Kier molecular flexibility index (Phi) is 5.75. The molecule has 2 heteroatoms. The molecule has 0 unspecified atom stereocenters. The van der Waals surface area contributed by atoms with Gasteiger partial charge < -0.3 is 4.90 Å². The molecule has 1 nitrogen and oxygen atoms in total. The van der Waals surface area contributed by atoms with Crippen molar-refractivity contribution in [1.29, 1.82) is 0 Å². The zero-order valence-electron chi connectivity index (χ0n) is 23.9. The lowest BCUT2D eigenvalue weighted by atomic mass is 9.94. The van der Waals surface area contributed by atoms with Gasteiger partial charge in [0.05, 0.1) is 11.4 Å². The Bertz CT molecular complexity index is 2510. The lowest BCUT2D eigenvalue weighted by molar-refractivity contribution is 1.31. The molecule has 0 N–H and O–H groups in total. The molecule has 0 amide bonds. The van der Waals surface area contributed by atoms with Crippen LogP contribution >= 0.6 is 11.3 Å². The Morgan fingerprint density at radius 1 is 0.386 bits per heavy atom. The van der Waals surface area contributed by atoms with E-state index in [4.69, 9.17) is 0 Å². The smallest absolute Gasteiger partial charge is 0.0546 e. The zero-order chi connectivity index (χ0) is 29.0. The molecule has 0 spiro atoms. The number of fused-ring (bicyclic) bond motifs is 8.